The second-order valence-corrected chi connectivity index (χ2v) is 5.53. The maximum atomic E-state index is 13.2. The number of hydrogen-bond donors (Lipinski definition) is 2. The smallest absolute Gasteiger partial charge is 0.159 e. The molecule has 128 valence electrons. The van der Waals surface area contributed by atoms with Crippen LogP contribution in [0.2, 0.25) is 0 Å². The van der Waals surface area contributed by atoms with Crippen LogP contribution in [0.3, 0.4) is 0 Å². The Kier molecular flexibility index (Phi) is 5.59. The highest BCUT2D eigenvalue weighted by atomic mass is 19.2. The van der Waals surface area contributed by atoms with Gasteiger partial charge in [0.2, 0.25) is 0 Å². The van der Waals surface area contributed by atoms with Crippen molar-refractivity contribution in [2.75, 3.05) is 5.43 Å². The van der Waals surface area contributed by atoms with Gasteiger partial charge in [-0.05, 0) is 47.5 Å². The molecule has 0 atom stereocenters. The fourth-order valence-electron chi connectivity index (χ4n) is 2.31. The molecule has 3 rings (SSSR count). The number of benzene rings is 3. The third-order valence-corrected chi connectivity index (χ3v) is 3.59. The van der Waals surface area contributed by atoms with Crippen molar-refractivity contribution in [3.8, 4) is 5.75 Å². The largest absolute Gasteiger partial charge is 0.489 e. The second kappa shape index (κ2) is 8.26. The number of ether oxygens (including phenoxy) is 1. The zero-order valence-electron chi connectivity index (χ0n) is 13.5. The van der Waals surface area contributed by atoms with Gasteiger partial charge in [0.1, 0.15) is 12.4 Å². The Labute approximate surface area is 145 Å². The number of para-hydroxylation sites is 1. The highest BCUT2D eigenvalue weighted by molar-refractivity contribution is 5.41. The van der Waals surface area contributed by atoms with E-state index in [1.165, 1.54) is 6.07 Å². The van der Waals surface area contributed by atoms with Gasteiger partial charge in [0, 0.05) is 12.2 Å². The number of anilines is 1. The van der Waals surface area contributed by atoms with Crippen LogP contribution >= 0.6 is 0 Å². The van der Waals surface area contributed by atoms with E-state index >= 15 is 0 Å². The van der Waals surface area contributed by atoms with E-state index in [0.717, 1.165) is 23.4 Å². The predicted octanol–water partition coefficient (Wildman–Crippen LogP) is 4.66. The number of hydrogen-bond acceptors (Lipinski definition) is 3. The second-order valence-electron chi connectivity index (χ2n) is 5.53. The van der Waals surface area contributed by atoms with Gasteiger partial charge in [0.05, 0.1) is 0 Å². The molecule has 0 fully saturated rings. The third kappa shape index (κ3) is 5.02. The van der Waals surface area contributed by atoms with Crippen LogP contribution in [-0.2, 0) is 13.2 Å². The van der Waals surface area contributed by atoms with Crippen LogP contribution in [0.4, 0.5) is 14.5 Å². The Morgan fingerprint density at radius 3 is 2.40 bits per heavy atom. The zero-order valence-corrected chi connectivity index (χ0v) is 13.5. The first-order valence-electron chi connectivity index (χ1n) is 7.90. The minimum absolute atomic E-state index is 0.177. The maximum Gasteiger partial charge on any atom is 0.159 e. The molecule has 3 aromatic rings. The SMILES string of the molecule is Fc1ccc(COc2cccc(CNNc3ccccc3)c2)cc1F. The van der Waals surface area contributed by atoms with Gasteiger partial charge >= 0.3 is 0 Å². The van der Waals surface area contributed by atoms with Crippen LogP contribution < -0.4 is 15.6 Å². The van der Waals surface area contributed by atoms with Crippen molar-refractivity contribution < 1.29 is 13.5 Å². The molecular formula is C20H18F2N2O. The number of halogens is 2. The van der Waals surface area contributed by atoms with E-state index in [-0.39, 0.29) is 6.61 Å². The summed E-state index contributed by atoms with van der Waals surface area (Å²) in [5.41, 5.74) is 8.84. The van der Waals surface area contributed by atoms with Crippen LogP contribution in [0, 0.1) is 11.6 Å². The van der Waals surface area contributed by atoms with Crippen molar-refractivity contribution in [3.05, 3.63) is 95.6 Å². The van der Waals surface area contributed by atoms with Crippen LogP contribution in [0.5, 0.6) is 5.75 Å². The first-order valence-corrected chi connectivity index (χ1v) is 7.90. The van der Waals surface area contributed by atoms with Gasteiger partial charge in [-0.3, -0.25) is 0 Å². The molecule has 0 radical (unpaired) electrons. The summed E-state index contributed by atoms with van der Waals surface area (Å²) in [7, 11) is 0. The predicted molar refractivity (Wildman–Crippen MR) is 94.0 cm³/mol. The summed E-state index contributed by atoms with van der Waals surface area (Å²) < 4.78 is 31.8. The summed E-state index contributed by atoms with van der Waals surface area (Å²) in [5, 5.41) is 0. The molecule has 0 heterocycles. The molecule has 3 aromatic carbocycles. The number of nitrogens with one attached hydrogen (secondary N) is 2. The molecule has 0 aliphatic heterocycles. The van der Waals surface area contributed by atoms with Crippen LogP contribution in [0.25, 0.3) is 0 Å². The highest BCUT2D eigenvalue weighted by Crippen LogP contribution is 2.16. The standard InChI is InChI=1S/C20H18F2N2O/c21-19-10-9-16(12-20(19)22)14-25-18-8-4-5-15(11-18)13-23-24-17-6-2-1-3-7-17/h1-12,23-24H,13-14H2. The van der Waals surface area contributed by atoms with Crippen LogP contribution in [0.15, 0.2) is 72.8 Å². The molecule has 0 spiro atoms. The number of rotatable bonds is 7. The number of hydrazine groups is 1. The van der Waals surface area contributed by atoms with Gasteiger partial charge in [0.25, 0.3) is 0 Å². The topological polar surface area (TPSA) is 33.3 Å². The van der Waals surface area contributed by atoms with Gasteiger partial charge in [-0.25, -0.2) is 14.2 Å². The Bertz CT molecular complexity index is 825. The zero-order chi connectivity index (χ0) is 17.5. The Hall–Kier alpha value is -2.92. The van der Waals surface area contributed by atoms with Crippen molar-refractivity contribution >= 4 is 5.69 Å². The molecule has 0 saturated carbocycles. The molecule has 0 aliphatic carbocycles. The molecule has 0 aliphatic rings. The lowest BCUT2D eigenvalue weighted by atomic mass is 10.2. The fraction of sp³-hybridized carbons (Fsp3) is 0.100. The lowest BCUT2D eigenvalue weighted by Gasteiger charge is -2.10. The quantitative estimate of drug-likeness (QED) is 0.614. The van der Waals surface area contributed by atoms with E-state index in [1.54, 1.807) is 0 Å². The molecule has 0 amide bonds. The van der Waals surface area contributed by atoms with E-state index in [4.69, 9.17) is 4.74 Å². The molecule has 0 bridgehead atoms. The van der Waals surface area contributed by atoms with E-state index < -0.39 is 11.6 Å². The first kappa shape index (κ1) is 16.9. The average molecular weight is 340 g/mol. The van der Waals surface area contributed by atoms with Gasteiger partial charge in [-0.2, -0.15) is 0 Å². The highest BCUT2D eigenvalue weighted by Gasteiger charge is 2.04. The van der Waals surface area contributed by atoms with E-state index in [2.05, 4.69) is 10.9 Å². The Morgan fingerprint density at radius 2 is 1.60 bits per heavy atom. The summed E-state index contributed by atoms with van der Waals surface area (Å²) in [6.07, 6.45) is 0. The molecule has 25 heavy (non-hydrogen) atoms. The van der Waals surface area contributed by atoms with E-state index in [0.29, 0.717) is 17.9 Å². The molecular weight excluding hydrogens is 322 g/mol. The van der Waals surface area contributed by atoms with Crippen molar-refractivity contribution in [2.24, 2.45) is 0 Å². The monoisotopic (exact) mass is 340 g/mol. The van der Waals surface area contributed by atoms with Gasteiger partial charge in [0.15, 0.2) is 11.6 Å². The summed E-state index contributed by atoms with van der Waals surface area (Å²) in [6.45, 7) is 0.785. The molecule has 5 heteroatoms. The molecule has 0 unspecified atom stereocenters. The fourth-order valence-corrected chi connectivity index (χ4v) is 2.31. The summed E-state index contributed by atoms with van der Waals surface area (Å²) in [5.74, 6) is -1.06. The molecule has 2 N–H and O–H groups in total. The normalized spacial score (nSPS) is 10.5. The Morgan fingerprint density at radius 1 is 0.760 bits per heavy atom. The summed E-state index contributed by atoms with van der Waals surface area (Å²) >= 11 is 0. The molecule has 0 saturated heterocycles. The lowest BCUT2D eigenvalue weighted by Crippen LogP contribution is -2.20. The minimum Gasteiger partial charge on any atom is -0.489 e. The molecule has 0 aromatic heterocycles. The van der Waals surface area contributed by atoms with E-state index in [1.807, 2.05) is 54.6 Å². The summed E-state index contributed by atoms with van der Waals surface area (Å²) in [4.78, 5) is 0. The van der Waals surface area contributed by atoms with Crippen molar-refractivity contribution in [1.29, 1.82) is 0 Å². The van der Waals surface area contributed by atoms with Gasteiger partial charge in [-0.15, -0.1) is 0 Å². The van der Waals surface area contributed by atoms with E-state index in [9.17, 15) is 8.78 Å². The third-order valence-electron chi connectivity index (χ3n) is 3.59. The maximum absolute atomic E-state index is 13.2. The molecule has 3 nitrogen and oxygen atoms in total. The van der Waals surface area contributed by atoms with Crippen molar-refractivity contribution in [2.45, 2.75) is 13.2 Å². The Balaban J connectivity index is 1.53. The lowest BCUT2D eigenvalue weighted by molar-refractivity contribution is 0.304. The van der Waals surface area contributed by atoms with Gasteiger partial charge in [-0.1, -0.05) is 36.4 Å². The van der Waals surface area contributed by atoms with Gasteiger partial charge < -0.3 is 10.2 Å². The first-order chi connectivity index (χ1) is 12.2. The van der Waals surface area contributed by atoms with Crippen LogP contribution in [0.1, 0.15) is 11.1 Å². The minimum atomic E-state index is -0.869. The summed E-state index contributed by atoms with van der Waals surface area (Å²) in [6, 6.07) is 21.1. The average Bonchev–Trinajstić information content (AvgIpc) is 2.64. The van der Waals surface area contributed by atoms with Crippen LogP contribution in [-0.4, -0.2) is 0 Å². The van der Waals surface area contributed by atoms with Crippen molar-refractivity contribution in [1.82, 2.24) is 5.43 Å². The van der Waals surface area contributed by atoms with Crippen molar-refractivity contribution in [3.63, 3.8) is 0 Å².